The molecule has 1 heterocycles. The Morgan fingerprint density at radius 2 is 2.29 bits per heavy atom. The van der Waals surface area contributed by atoms with E-state index in [2.05, 4.69) is 10.3 Å². The lowest BCUT2D eigenvalue weighted by Crippen LogP contribution is -2.19. The van der Waals surface area contributed by atoms with Gasteiger partial charge in [-0.3, -0.25) is 4.68 Å². The molecule has 78 valence electrons. The molecule has 1 aromatic rings. The van der Waals surface area contributed by atoms with Gasteiger partial charge in [0.05, 0.1) is 11.8 Å². The smallest absolute Gasteiger partial charge is 0.409 e. The van der Waals surface area contributed by atoms with Crippen LogP contribution in [-0.4, -0.2) is 20.8 Å². The third kappa shape index (κ3) is 2.38. The molecule has 5 nitrogen and oxygen atoms in total. The van der Waals surface area contributed by atoms with E-state index in [9.17, 15) is 13.2 Å². The summed E-state index contributed by atoms with van der Waals surface area (Å²) in [4.78, 5) is 0. The minimum Gasteiger partial charge on any atom is -0.409 e. The van der Waals surface area contributed by atoms with Crippen LogP contribution in [0.15, 0.2) is 17.5 Å². The van der Waals surface area contributed by atoms with Gasteiger partial charge in [-0.15, -0.1) is 0 Å². The third-order valence-corrected chi connectivity index (χ3v) is 1.41. The predicted octanol–water partition coefficient (Wildman–Crippen LogP) is 0.648. The van der Waals surface area contributed by atoms with Gasteiger partial charge in [0.1, 0.15) is 6.54 Å². The summed E-state index contributed by atoms with van der Waals surface area (Å²) in [6.07, 6.45) is -2.98. The molecule has 0 aliphatic rings. The van der Waals surface area contributed by atoms with Crippen LogP contribution in [0.2, 0.25) is 0 Å². The molecule has 0 radical (unpaired) electrons. The van der Waals surface area contributed by atoms with Gasteiger partial charge in [-0.1, -0.05) is 5.16 Å². The van der Waals surface area contributed by atoms with E-state index in [0.29, 0.717) is 6.20 Å². The van der Waals surface area contributed by atoms with Crippen molar-refractivity contribution in [1.82, 2.24) is 9.78 Å². The van der Waals surface area contributed by atoms with Crippen molar-refractivity contribution in [1.29, 1.82) is 0 Å². The van der Waals surface area contributed by atoms with Gasteiger partial charge in [-0.05, 0) is 0 Å². The van der Waals surface area contributed by atoms with Crippen molar-refractivity contribution in [3.05, 3.63) is 18.0 Å². The number of hydrogen-bond acceptors (Lipinski definition) is 3. The van der Waals surface area contributed by atoms with Crippen molar-refractivity contribution in [2.75, 3.05) is 0 Å². The SMILES string of the molecule is NC(Cn1cc(C(F)(F)F)cn1)=NO. The summed E-state index contributed by atoms with van der Waals surface area (Å²) in [6, 6.07) is 0. The Labute approximate surface area is 76.6 Å². The van der Waals surface area contributed by atoms with Crippen LogP contribution in [0.5, 0.6) is 0 Å². The first-order chi connectivity index (χ1) is 6.43. The zero-order valence-corrected chi connectivity index (χ0v) is 6.86. The molecule has 3 N–H and O–H groups in total. The summed E-state index contributed by atoms with van der Waals surface area (Å²) in [5, 5.41) is 14.2. The molecular weight excluding hydrogens is 201 g/mol. The lowest BCUT2D eigenvalue weighted by atomic mass is 10.4. The van der Waals surface area contributed by atoms with Crippen molar-refractivity contribution in [2.24, 2.45) is 10.9 Å². The van der Waals surface area contributed by atoms with E-state index in [-0.39, 0.29) is 12.4 Å². The van der Waals surface area contributed by atoms with E-state index >= 15 is 0 Å². The quantitative estimate of drug-likeness (QED) is 0.324. The van der Waals surface area contributed by atoms with Crippen LogP contribution in [-0.2, 0) is 12.7 Å². The summed E-state index contributed by atoms with van der Waals surface area (Å²) < 4.78 is 37.1. The Morgan fingerprint density at radius 3 is 2.71 bits per heavy atom. The number of aromatic nitrogens is 2. The zero-order valence-electron chi connectivity index (χ0n) is 6.86. The van der Waals surface area contributed by atoms with Crippen LogP contribution >= 0.6 is 0 Å². The summed E-state index contributed by atoms with van der Waals surface area (Å²) in [7, 11) is 0. The highest BCUT2D eigenvalue weighted by Gasteiger charge is 2.32. The molecule has 1 rings (SSSR count). The number of nitrogens with zero attached hydrogens (tertiary/aromatic N) is 3. The van der Waals surface area contributed by atoms with Crippen molar-refractivity contribution in [3.8, 4) is 0 Å². The van der Waals surface area contributed by atoms with E-state index in [1.54, 1.807) is 0 Å². The maximum Gasteiger partial charge on any atom is 0.419 e. The molecule has 1 aromatic heterocycles. The van der Waals surface area contributed by atoms with Crippen LogP contribution in [0.1, 0.15) is 5.56 Å². The van der Waals surface area contributed by atoms with E-state index < -0.39 is 11.7 Å². The highest BCUT2D eigenvalue weighted by molar-refractivity contribution is 5.79. The minimum absolute atomic E-state index is 0.188. The molecular formula is C6H7F3N4O. The van der Waals surface area contributed by atoms with Gasteiger partial charge in [0, 0.05) is 6.20 Å². The lowest BCUT2D eigenvalue weighted by molar-refractivity contribution is -0.137. The van der Waals surface area contributed by atoms with Crippen LogP contribution in [0, 0.1) is 0 Å². The van der Waals surface area contributed by atoms with Crippen molar-refractivity contribution in [2.45, 2.75) is 12.7 Å². The Morgan fingerprint density at radius 1 is 1.64 bits per heavy atom. The zero-order chi connectivity index (χ0) is 10.8. The Bertz CT molecular complexity index is 343. The number of oxime groups is 1. The van der Waals surface area contributed by atoms with Crippen LogP contribution in [0.4, 0.5) is 13.2 Å². The molecule has 0 saturated carbocycles. The fraction of sp³-hybridized carbons (Fsp3) is 0.333. The van der Waals surface area contributed by atoms with Gasteiger partial charge in [0.2, 0.25) is 0 Å². The van der Waals surface area contributed by atoms with Crippen molar-refractivity contribution in [3.63, 3.8) is 0 Å². The normalized spacial score (nSPS) is 13.2. The largest absolute Gasteiger partial charge is 0.419 e. The fourth-order valence-electron chi connectivity index (χ4n) is 0.794. The van der Waals surface area contributed by atoms with Gasteiger partial charge in [0.15, 0.2) is 5.84 Å². The van der Waals surface area contributed by atoms with Gasteiger partial charge in [-0.25, -0.2) is 0 Å². The molecule has 0 atom stereocenters. The first kappa shape index (κ1) is 10.4. The molecule has 14 heavy (non-hydrogen) atoms. The number of amidine groups is 1. The highest BCUT2D eigenvalue weighted by Crippen LogP contribution is 2.28. The number of hydrogen-bond donors (Lipinski definition) is 2. The molecule has 0 aromatic carbocycles. The van der Waals surface area contributed by atoms with E-state index in [1.807, 2.05) is 0 Å². The highest BCUT2D eigenvalue weighted by atomic mass is 19.4. The first-order valence-electron chi connectivity index (χ1n) is 3.49. The second-order valence-corrected chi connectivity index (χ2v) is 2.52. The average molecular weight is 208 g/mol. The van der Waals surface area contributed by atoms with E-state index in [4.69, 9.17) is 10.9 Å². The number of rotatable bonds is 2. The third-order valence-electron chi connectivity index (χ3n) is 1.41. The molecule has 0 aliphatic carbocycles. The maximum absolute atomic E-state index is 12.1. The molecule has 0 aliphatic heterocycles. The standard InChI is InChI=1S/C6H7F3N4O/c7-6(8,9)4-1-11-13(2-4)3-5(10)12-14/h1-2,14H,3H2,(H2,10,12). The van der Waals surface area contributed by atoms with Gasteiger partial charge in [-0.2, -0.15) is 18.3 Å². The minimum atomic E-state index is -4.43. The maximum atomic E-state index is 12.1. The number of alkyl halides is 3. The molecule has 8 heteroatoms. The molecule has 0 fully saturated rings. The van der Waals surface area contributed by atoms with Gasteiger partial charge < -0.3 is 10.9 Å². The molecule has 0 bridgehead atoms. The Hall–Kier alpha value is -1.73. The first-order valence-corrected chi connectivity index (χ1v) is 3.49. The molecule has 0 unspecified atom stereocenters. The Balaban J connectivity index is 2.79. The van der Waals surface area contributed by atoms with Crippen molar-refractivity contribution < 1.29 is 18.4 Å². The predicted molar refractivity (Wildman–Crippen MR) is 40.6 cm³/mol. The average Bonchev–Trinajstić information content (AvgIpc) is 2.51. The second-order valence-electron chi connectivity index (χ2n) is 2.52. The van der Waals surface area contributed by atoms with Gasteiger partial charge in [0.25, 0.3) is 0 Å². The summed E-state index contributed by atoms with van der Waals surface area (Å²) in [5.74, 6) is -0.221. The summed E-state index contributed by atoms with van der Waals surface area (Å²) in [5.41, 5.74) is 4.21. The van der Waals surface area contributed by atoms with Crippen LogP contribution < -0.4 is 5.73 Å². The summed E-state index contributed by atoms with van der Waals surface area (Å²) in [6.45, 7) is -0.188. The second kappa shape index (κ2) is 3.56. The molecule has 0 saturated heterocycles. The van der Waals surface area contributed by atoms with Crippen LogP contribution in [0.3, 0.4) is 0 Å². The number of halogens is 3. The molecule has 0 amide bonds. The van der Waals surface area contributed by atoms with Gasteiger partial charge >= 0.3 is 6.18 Å². The van der Waals surface area contributed by atoms with E-state index in [1.165, 1.54) is 0 Å². The van der Waals surface area contributed by atoms with Crippen molar-refractivity contribution >= 4 is 5.84 Å². The lowest BCUT2D eigenvalue weighted by Gasteiger charge is -2.01. The topological polar surface area (TPSA) is 76.4 Å². The summed E-state index contributed by atoms with van der Waals surface area (Å²) >= 11 is 0. The fourth-order valence-corrected chi connectivity index (χ4v) is 0.794. The Kier molecular flexibility index (Phi) is 2.63. The molecule has 0 spiro atoms. The number of nitrogens with two attached hydrogens (primary N) is 1. The van der Waals surface area contributed by atoms with E-state index in [0.717, 1.165) is 10.9 Å². The van der Waals surface area contributed by atoms with Crippen LogP contribution in [0.25, 0.3) is 0 Å². The monoisotopic (exact) mass is 208 g/mol.